The molecule has 0 radical (unpaired) electrons. The van der Waals surface area contributed by atoms with Crippen molar-refractivity contribution in [1.29, 1.82) is 0 Å². The third kappa shape index (κ3) is 13.9. The van der Waals surface area contributed by atoms with E-state index in [4.69, 9.17) is 0 Å². The summed E-state index contributed by atoms with van der Waals surface area (Å²) in [5.41, 5.74) is 0. The Kier molecular flexibility index (Phi) is 13.2. The van der Waals surface area contributed by atoms with Crippen molar-refractivity contribution >= 4 is 35.5 Å². The lowest BCUT2D eigenvalue weighted by Gasteiger charge is -2.23. The maximum atomic E-state index is 13.2. The SMILES string of the molecule is CC(C)CP(=O)(CC(C)C)SCCCSP(=O)(CC(C)C)CC(C)C. The molecule has 25 heavy (non-hydrogen) atoms. The van der Waals surface area contributed by atoms with Crippen molar-refractivity contribution in [1.82, 2.24) is 0 Å². The van der Waals surface area contributed by atoms with Crippen molar-refractivity contribution in [3.05, 3.63) is 0 Å². The Morgan fingerprint density at radius 2 is 0.800 bits per heavy atom. The van der Waals surface area contributed by atoms with E-state index >= 15 is 0 Å². The smallest absolute Gasteiger partial charge is 0.139 e. The van der Waals surface area contributed by atoms with Crippen LogP contribution in [0.5, 0.6) is 0 Å². The molecular weight excluding hydrogens is 386 g/mol. The Bertz CT molecular complexity index is 381. The summed E-state index contributed by atoms with van der Waals surface area (Å²) in [6.07, 6.45) is 0.169. The minimum Gasteiger partial charge on any atom is -0.312 e. The van der Waals surface area contributed by atoms with E-state index in [2.05, 4.69) is 55.4 Å². The van der Waals surface area contributed by atoms with Gasteiger partial charge in [0, 0.05) is 36.2 Å². The second-order valence-corrected chi connectivity index (χ2v) is 20.5. The predicted octanol–water partition coefficient (Wildman–Crippen LogP) is 8.02. The van der Waals surface area contributed by atoms with Gasteiger partial charge in [-0.3, -0.25) is 0 Å². The lowest BCUT2D eigenvalue weighted by atomic mass is 10.3. The Morgan fingerprint density at radius 3 is 1.00 bits per heavy atom. The third-order valence-electron chi connectivity index (χ3n) is 3.52. The first kappa shape index (κ1) is 26.2. The van der Waals surface area contributed by atoms with Gasteiger partial charge in [-0.1, -0.05) is 78.2 Å². The van der Waals surface area contributed by atoms with Crippen LogP contribution in [0, 0.1) is 23.7 Å². The quantitative estimate of drug-likeness (QED) is 0.207. The highest BCUT2D eigenvalue weighted by Gasteiger charge is 2.27. The van der Waals surface area contributed by atoms with Crippen LogP contribution in [-0.4, -0.2) is 36.2 Å². The van der Waals surface area contributed by atoms with E-state index in [-0.39, 0.29) is 0 Å². The highest BCUT2D eigenvalue weighted by atomic mass is 32.7. The van der Waals surface area contributed by atoms with Gasteiger partial charge >= 0.3 is 0 Å². The van der Waals surface area contributed by atoms with Gasteiger partial charge in [-0.2, -0.15) is 0 Å². The van der Waals surface area contributed by atoms with Crippen LogP contribution in [0.1, 0.15) is 61.8 Å². The molecule has 0 aliphatic rings. The summed E-state index contributed by atoms with van der Waals surface area (Å²) in [4.78, 5) is 0. The van der Waals surface area contributed by atoms with Crippen LogP contribution < -0.4 is 0 Å². The van der Waals surface area contributed by atoms with Crippen LogP contribution in [0.4, 0.5) is 0 Å². The van der Waals surface area contributed by atoms with Crippen LogP contribution in [0.15, 0.2) is 0 Å². The van der Waals surface area contributed by atoms with E-state index in [1.54, 1.807) is 22.8 Å². The molecule has 0 amide bonds. The van der Waals surface area contributed by atoms with Crippen LogP contribution in [0.25, 0.3) is 0 Å². The Labute approximate surface area is 166 Å². The van der Waals surface area contributed by atoms with Crippen molar-refractivity contribution < 1.29 is 9.13 Å². The molecule has 6 heteroatoms. The van der Waals surface area contributed by atoms with Crippen LogP contribution in [0.3, 0.4) is 0 Å². The van der Waals surface area contributed by atoms with Crippen LogP contribution in [0.2, 0.25) is 0 Å². The summed E-state index contributed by atoms with van der Waals surface area (Å²) >= 11 is 3.42. The summed E-state index contributed by atoms with van der Waals surface area (Å²) in [7, 11) is 0. The fourth-order valence-corrected chi connectivity index (χ4v) is 17.3. The normalized spacial score (nSPS) is 13.6. The molecule has 0 bridgehead atoms. The first-order valence-electron chi connectivity index (χ1n) is 9.82. The molecule has 0 N–H and O–H groups in total. The molecule has 0 aromatic heterocycles. The van der Waals surface area contributed by atoms with E-state index in [1.165, 1.54) is 0 Å². The lowest BCUT2D eigenvalue weighted by Crippen LogP contribution is -2.05. The summed E-state index contributed by atoms with van der Waals surface area (Å²) in [5, 5.41) is 0. The molecule has 0 heterocycles. The molecule has 2 nitrogen and oxygen atoms in total. The van der Waals surface area contributed by atoms with Gasteiger partial charge in [-0.25, -0.2) is 0 Å². The highest BCUT2D eigenvalue weighted by molar-refractivity contribution is 8.58. The van der Waals surface area contributed by atoms with E-state index in [9.17, 15) is 9.13 Å². The zero-order chi connectivity index (χ0) is 19.7. The molecule has 0 spiro atoms. The van der Waals surface area contributed by atoms with Gasteiger partial charge in [-0.15, -0.1) is 0 Å². The molecule has 0 saturated heterocycles. The second kappa shape index (κ2) is 12.6. The van der Waals surface area contributed by atoms with Gasteiger partial charge in [0.25, 0.3) is 0 Å². The van der Waals surface area contributed by atoms with E-state index in [0.717, 1.165) is 42.6 Å². The van der Waals surface area contributed by atoms with Gasteiger partial charge < -0.3 is 9.13 Å². The minimum atomic E-state index is -2.12. The Hall–Kier alpha value is 1.16. The predicted molar refractivity (Wildman–Crippen MR) is 124 cm³/mol. The van der Waals surface area contributed by atoms with E-state index < -0.39 is 12.7 Å². The van der Waals surface area contributed by atoms with Crippen LogP contribution in [-0.2, 0) is 9.13 Å². The summed E-state index contributed by atoms with van der Waals surface area (Å²) in [5.74, 6) is 3.83. The van der Waals surface area contributed by atoms with Crippen molar-refractivity contribution in [2.24, 2.45) is 23.7 Å². The van der Waals surface area contributed by atoms with Gasteiger partial charge in [-0.05, 0) is 30.1 Å². The molecule has 0 aromatic carbocycles. The van der Waals surface area contributed by atoms with E-state index in [0.29, 0.717) is 23.7 Å². The fourth-order valence-electron chi connectivity index (χ4n) is 3.11. The van der Waals surface area contributed by atoms with Crippen LogP contribution >= 0.6 is 35.5 Å². The van der Waals surface area contributed by atoms with Gasteiger partial charge in [0.2, 0.25) is 0 Å². The maximum absolute atomic E-state index is 13.2. The molecule has 0 aliphatic carbocycles. The molecule has 0 fully saturated rings. The summed E-state index contributed by atoms with van der Waals surface area (Å²) < 4.78 is 26.4. The zero-order valence-electron chi connectivity index (χ0n) is 17.8. The second-order valence-electron chi connectivity index (χ2n) is 8.95. The molecular formula is C19H42O2P2S2. The average molecular weight is 429 g/mol. The lowest BCUT2D eigenvalue weighted by molar-refractivity contribution is 0.566. The topological polar surface area (TPSA) is 34.1 Å². The summed E-state index contributed by atoms with van der Waals surface area (Å²) in [6.45, 7) is 17.3. The fraction of sp³-hybridized carbons (Fsp3) is 1.00. The third-order valence-corrected chi connectivity index (χ3v) is 16.3. The molecule has 0 unspecified atom stereocenters. The maximum Gasteiger partial charge on any atom is 0.139 e. The first-order valence-corrected chi connectivity index (χ1v) is 17.2. The molecule has 0 aromatic rings. The number of hydrogen-bond donors (Lipinski definition) is 0. The standard InChI is InChI=1S/C19H42O2P2S2/c1-16(2)12-22(20,13-17(3)4)24-10-9-11-25-23(21,14-18(5)6)15-19(7)8/h16-19H,9-15H2,1-8H3. The molecule has 0 aliphatic heterocycles. The molecule has 0 atom stereocenters. The molecule has 0 rings (SSSR count). The number of rotatable bonds is 14. The Morgan fingerprint density at radius 1 is 0.560 bits per heavy atom. The van der Waals surface area contributed by atoms with E-state index in [1.807, 2.05) is 0 Å². The molecule has 0 saturated carbocycles. The Balaban J connectivity index is 4.47. The van der Waals surface area contributed by atoms with Crippen molar-refractivity contribution in [3.8, 4) is 0 Å². The highest BCUT2D eigenvalue weighted by Crippen LogP contribution is 2.62. The minimum absolute atomic E-state index is 0.490. The summed E-state index contributed by atoms with van der Waals surface area (Å²) in [6, 6.07) is 0. The van der Waals surface area contributed by atoms with Gasteiger partial charge in [0.15, 0.2) is 0 Å². The van der Waals surface area contributed by atoms with Crippen molar-refractivity contribution in [2.45, 2.75) is 61.8 Å². The average Bonchev–Trinajstić information content (AvgIpc) is 2.33. The zero-order valence-corrected chi connectivity index (χ0v) is 21.2. The first-order chi connectivity index (χ1) is 11.4. The monoisotopic (exact) mass is 428 g/mol. The van der Waals surface area contributed by atoms with Crippen molar-refractivity contribution in [2.75, 3.05) is 36.2 Å². The van der Waals surface area contributed by atoms with Gasteiger partial charge in [0.1, 0.15) is 12.7 Å². The molecule has 152 valence electrons. The van der Waals surface area contributed by atoms with Crippen molar-refractivity contribution in [3.63, 3.8) is 0 Å². The van der Waals surface area contributed by atoms with Gasteiger partial charge in [0.05, 0.1) is 0 Å². The number of hydrogen-bond acceptors (Lipinski definition) is 4. The largest absolute Gasteiger partial charge is 0.312 e.